The zero-order valence-electron chi connectivity index (χ0n) is 14.8. The molecule has 0 bridgehead atoms. The normalized spacial score (nSPS) is 12.5. The highest BCUT2D eigenvalue weighted by Crippen LogP contribution is 2.35. The summed E-state index contributed by atoms with van der Waals surface area (Å²) >= 11 is 9.33. The molecule has 5 heteroatoms. The van der Waals surface area contributed by atoms with Gasteiger partial charge in [0.2, 0.25) is 0 Å². The molecule has 0 saturated carbocycles. The van der Waals surface area contributed by atoms with Crippen LogP contribution in [0.3, 0.4) is 0 Å². The molecule has 0 aliphatic carbocycles. The first-order valence-corrected chi connectivity index (χ1v) is 12.7. The van der Waals surface area contributed by atoms with Gasteiger partial charge in [-0.3, -0.25) is 0 Å². The van der Waals surface area contributed by atoms with E-state index >= 15 is 0 Å². The molecule has 5 aromatic rings. The first-order valence-electron chi connectivity index (χ1n) is 8.58. The van der Waals surface area contributed by atoms with Crippen LogP contribution in [0, 0.1) is 13.8 Å². The Hall–Kier alpha value is -1.50. The molecule has 0 aliphatic rings. The van der Waals surface area contributed by atoms with E-state index in [2.05, 4.69) is 74.5 Å². The summed E-state index contributed by atoms with van der Waals surface area (Å²) in [6, 6.07) is 13.6. The summed E-state index contributed by atoms with van der Waals surface area (Å²) in [5.74, 6) is 0. The average Bonchev–Trinajstić information content (AvgIpc) is 3.37. The zero-order valence-corrected chi connectivity index (χ0v) is 18.9. The number of thiophene rings is 5. The van der Waals surface area contributed by atoms with Crippen molar-refractivity contribution >= 4 is 99.8 Å². The van der Waals surface area contributed by atoms with Crippen LogP contribution in [0.1, 0.15) is 29.3 Å². The Morgan fingerprint density at radius 2 is 0.889 bits per heavy atom. The Labute approximate surface area is 178 Å². The van der Waals surface area contributed by atoms with E-state index in [9.17, 15) is 0 Å². The number of fused-ring (bicyclic) bond motifs is 2. The number of rotatable bonds is 4. The second-order valence-electron chi connectivity index (χ2n) is 6.38. The number of hydrogen-bond donors (Lipinski definition) is 0. The van der Waals surface area contributed by atoms with Gasteiger partial charge in [-0.2, -0.15) is 0 Å². The molecule has 0 aliphatic heterocycles. The van der Waals surface area contributed by atoms with Crippen molar-refractivity contribution in [1.29, 1.82) is 0 Å². The molecule has 0 fully saturated rings. The van der Waals surface area contributed by atoms with Gasteiger partial charge >= 0.3 is 0 Å². The predicted molar refractivity (Wildman–Crippen MR) is 131 cm³/mol. The van der Waals surface area contributed by atoms with Crippen molar-refractivity contribution in [3.63, 3.8) is 0 Å². The number of hydrogen-bond acceptors (Lipinski definition) is 5. The quantitative estimate of drug-likeness (QED) is 0.261. The fourth-order valence-electron chi connectivity index (χ4n) is 2.99. The predicted octanol–water partition coefficient (Wildman–Crippen LogP) is 9.26. The van der Waals surface area contributed by atoms with Gasteiger partial charge in [0, 0.05) is 48.1 Å². The highest BCUT2D eigenvalue weighted by molar-refractivity contribution is 7.28. The molecule has 134 valence electrons. The van der Waals surface area contributed by atoms with Crippen LogP contribution in [0.5, 0.6) is 0 Å². The molecule has 5 heterocycles. The maximum Gasteiger partial charge on any atom is 0.0459 e. The maximum atomic E-state index is 2.30. The van der Waals surface area contributed by atoms with Crippen LogP contribution in [0.25, 0.3) is 43.1 Å². The molecule has 0 N–H and O–H groups in total. The van der Waals surface area contributed by atoms with Crippen molar-refractivity contribution in [3.05, 3.63) is 65.7 Å². The molecule has 0 spiro atoms. The molecule has 0 radical (unpaired) electrons. The van der Waals surface area contributed by atoms with Gasteiger partial charge in [-0.15, -0.1) is 56.7 Å². The van der Waals surface area contributed by atoms with Crippen molar-refractivity contribution in [2.75, 3.05) is 0 Å². The monoisotopic (exact) mass is 440 g/mol. The molecule has 0 saturated heterocycles. The Bertz CT molecular complexity index is 1130. The van der Waals surface area contributed by atoms with Crippen LogP contribution >= 0.6 is 56.7 Å². The van der Waals surface area contributed by atoms with E-state index < -0.39 is 0 Å². The molecule has 5 rings (SSSR count). The molecule has 27 heavy (non-hydrogen) atoms. The summed E-state index contributed by atoms with van der Waals surface area (Å²) in [7, 11) is 0. The van der Waals surface area contributed by atoms with E-state index in [0.29, 0.717) is 0 Å². The van der Waals surface area contributed by atoms with Crippen LogP contribution in [-0.2, 0) is 0 Å². The fraction of sp³-hybridized carbons (Fsp3) is 0.0909. The van der Waals surface area contributed by atoms with Gasteiger partial charge in [-0.1, -0.05) is 0 Å². The highest BCUT2D eigenvalue weighted by Gasteiger charge is 2.04. The summed E-state index contributed by atoms with van der Waals surface area (Å²) in [5.41, 5.74) is 0. The van der Waals surface area contributed by atoms with E-state index in [-0.39, 0.29) is 0 Å². The molecular weight excluding hydrogens is 425 g/mol. The molecule has 5 aromatic heterocycles. The summed E-state index contributed by atoms with van der Waals surface area (Å²) in [5, 5.41) is 0. The van der Waals surface area contributed by atoms with Crippen molar-refractivity contribution in [1.82, 2.24) is 0 Å². The van der Waals surface area contributed by atoms with Gasteiger partial charge in [0.15, 0.2) is 0 Å². The lowest BCUT2D eigenvalue weighted by atomic mass is 10.3. The minimum atomic E-state index is 1.30. The smallest absolute Gasteiger partial charge is 0.0459 e. The number of aryl methyl sites for hydroxylation is 2. The van der Waals surface area contributed by atoms with Crippen LogP contribution in [0.2, 0.25) is 0 Å². The minimum Gasteiger partial charge on any atom is -0.140 e. The molecule has 0 unspecified atom stereocenters. The third-order valence-corrected chi connectivity index (χ3v) is 9.53. The second kappa shape index (κ2) is 7.15. The lowest BCUT2D eigenvalue weighted by Crippen LogP contribution is -1.59. The van der Waals surface area contributed by atoms with Crippen LogP contribution in [0.4, 0.5) is 0 Å². The molecule has 0 aromatic carbocycles. The van der Waals surface area contributed by atoms with Gasteiger partial charge in [-0.25, -0.2) is 0 Å². The van der Waals surface area contributed by atoms with E-state index in [1.54, 1.807) is 0 Å². The van der Waals surface area contributed by atoms with Gasteiger partial charge in [0.05, 0.1) is 0 Å². The lowest BCUT2D eigenvalue weighted by Gasteiger charge is -1.86. The van der Waals surface area contributed by atoms with Crippen LogP contribution in [0.15, 0.2) is 36.4 Å². The molecule has 0 atom stereocenters. The Morgan fingerprint density at radius 1 is 0.481 bits per heavy atom. The molecule has 0 nitrogen and oxygen atoms in total. The Morgan fingerprint density at radius 3 is 1.33 bits per heavy atom. The summed E-state index contributed by atoms with van der Waals surface area (Å²) in [6.07, 6.45) is 8.94. The maximum absolute atomic E-state index is 2.30. The average molecular weight is 441 g/mol. The summed E-state index contributed by atoms with van der Waals surface area (Å²) < 4.78 is 5.60. The largest absolute Gasteiger partial charge is 0.140 e. The molecule has 0 amide bonds. The van der Waals surface area contributed by atoms with Crippen molar-refractivity contribution in [3.8, 4) is 0 Å². The van der Waals surface area contributed by atoms with E-state index in [4.69, 9.17) is 0 Å². The SMILES string of the molecule is Cc1cc2sc(/C=C/c3ccc(/C=C/c4cc5sc(C)cc5s4)s3)cc2s1. The van der Waals surface area contributed by atoms with Gasteiger partial charge < -0.3 is 0 Å². The standard InChI is InChI=1S/C22H16S5/c1-13-9-19-21(23-13)11-17(26-19)7-5-15-3-4-16(25-15)6-8-18-12-22-20(27-18)10-14(2)24-22/h3-12H,1-2H3/b7-5+,8-6+. The summed E-state index contributed by atoms with van der Waals surface area (Å²) in [4.78, 5) is 8.03. The first-order chi connectivity index (χ1) is 13.1. The topological polar surface area (TPSA) is 0 Å². The van der Waals surface area contributed by atoms with Crippen molar-refractivity contribution < 1.29 is 0 Å². The first kappa shape index (κ1) is 17.6. The zero-order chi connectivity index (χ0) is 18.4. The Balaban J connectivity index is 1.31. The van der Waals surface area contributed by atoms with Crippen LogP contribution in [-0.4, -0.2) is 0 Å². The summed E-state index contributed by atoms with van der Waals surface area (Å²) in [6.45, 7) is 4.35. The lowest BCUT2D eigenvalue weighted by molar-refractivity contribution is 1.66. The molecular formula is C22H16S5. The third kappa shape index (κ3) is 3.75. The third-order valence-electron chi connectivity index (χ3n) is 4.17. The van der Waals surface area contributed by atoms with Gasteiger partial charge in [0.1, 0.15) is 0 Å². The van der Waals surface area contributed by atoms with E-state index in [1.165, 1.54) is 48.1 Å². The van der Waals surface area contributed by atoms with Crippen molar-refractivity contribution in [2.24, 2.45) is 0 Å². The highest BCUT2D eigenvalue weighted by atomic mass is 32.1. The Kier molecular flexibility index (Phi) is 4.66. The van der Waals surface area contributed by atoms with Crippen LogP contribution < -0.4 is 0 Å². The fourth-order valence-corrected chi connectivity index (χ4v) is 8.27. The van der Waals surface area contributed by atoms with E-state index in [1.807, 2.05) is 56.7 Å². The van der Waals surface area contributed by atoms with Gasteiger partial charge in [0.25, 0.3) is 0 Å². The van der Waals surface area contributed by atoms with E-state index in [0.717, 1.165) is 0 Å². The second-order valence-corrected chi connectivity index (χ2v) is 12.3. The minimum absolute atomic E-state index is 1.30. The van der Waals surface area contributed by atoms with Crippen molar-refractivity contribution in [2.45, 2.75) is 13.8 Å². The van der Waals surface area contributed by atoms with Gasteiger partial charge in [-0.05, 0) is 74.5 Å².